The minimum atomic E-state index is -0.439. The van der Waals surface area contributed by atoms with Crippen LogP contribution in [0.5, 0.6) is 0 Å². The Morgan fingerprint density at radius 2 is 1.55 bits per heavy atom. The van der Waals surface area contributed by atoms with Gasteiger partial charge in [-0.1, -0.05) is 29.3 Å². The Hall–Kier alpha value is -2.77. The quantitative estimate of drug-likeness (QED) is 0.604. The minimum Gasteiger partial charge on any atom is -0.350 e. The molecule has 0 spiro atoms. The first-order chi connectivity index (χ1) is 13.7. The predicted molar refractivity (Wildman–Crippen MR) is 115 cm³/mol. The summed E-state index contributed by atoms with van der Waals surface area (Å²) in [5, 5.41) is 8.70. The van der Waals surface area contributed by atoms with Crippen molar-refractivity contribution in [3.8, 4) is 0 Å². The molecular formula is C20H22Cl2N4O3. The summed E-state index contributed by atoms with van der Waals surface area (Å²) in [6.45, 7) is 2.27. The van der Waals surface area contributed by atoms with Crippen LogP contribution in [0.3, 0.4) is 0 Å². The van der Waals surface area contributed by atoms with E-state index in [0.29, 0.717) is 26.9 Å². The van der Waals surface area contributed by atoms with E-state index in [1.165, 1.54) is 11.0 Å². The molecule has 0 aliphatic rings. The zero-order chi connectivity index (χ0) is 21.6. The smallest absolute Gasteiger partial charge is 0.319 e. The Balaban J connectivity index is 1.84. The Labute approximate surface area is 179 Å². The number of anilines is 1. The van der Waals surface area contributed by atoms with Crippen LogP contribution in [0.25, 0.3) is 0 Å². The lowest BCUT2D eigenvalue weighted by Crippen LogP contribution is -2.37. The lowest BCUT2D eigenvalue weighted by atomic mass is 10.1. The summed E-state index contributed by atoms with van der Waals surface area (Å²) in [4.78, 5) is 37.7. The Morgan fingerprint density at radius 1 is 0.897 bits per heavy atom. The monoisotopic (exact) mass is 436 g/mol. The van der Waals surface area contributed by atoms with Crippen molar-refractivity contribution in [2.45, 2.75) is 6.92 Å². The number of hydrogen-bond donors (Lipinski definition) is 3. The minimum absolute atomic E-state index is 0.154. The van der Waals surface area contributed by atoms with E-state index in [-0.39, 0.29) is 24.9 Å². The number of benzene rings is 2. The van der Waals surface area contributed by atoms with Crippen molar-refractivity contribution in [1.29, 1.82) is 0 Å². The van der Waals surface area contributed by atoms with Crippen molar-refractivity contribution in [2.75, 3.05) is 32.5 Å². The molecule has 0 bridgehead atoms. The first-order valence-electron chi connectivity index (χ1n) is 8.79. The number of aryl methyl sites for hydroxylation is 1. The molecular weight excluding hydrogens is 415 g/mol. The number of nitrogens with zero attached hydrogens (tertiary/aromatic N) is 1. The summed E-state index contributed by atoms with van der Waals surface area (Å²) >= 11 is 11.7. The number of amides is 4. The Bertz CT molecular complexity index is 932. The highest BCUT2D eigenvalue weighted by Gasteiger charge is 2.12. The summed E-state index contributed by atoms with van der Waals surface area (Å²) in [5.74, 6) is -0.477. The first kappa shape index (κ1) is 22.5. The number of nitrogens with one attached hydrogen (secondary N) is 3. The molecule has 0 aliphatic carbocycles. The third-order valence-corrected chi connectivity index (χ3v) is 4.76. The molecule has 0 saturated heterocycles. The second-order valence-electron chi connectivity index (χ2n) is 6.49. The van der Waals surface area contributed by atoms with Gasteiger partial charge in [-0.15, -0.1) is 0 Å². The third kappa shape index (κ3) is 6.37. The van der Waals surface area contributed by atoms with Crippen molar-refractivity contribution in [3.05, 3.63) is 63.1 Å². The predicted octanol–water partition coefficient (Wildman–Crippen LogP) is 3.56. The van der Waals surface area contributed by atoms with Gasteiger partial charge in [0, 0.05) is 44.0 Å². The highest BCUT2D eigenvalue weighted by molar-refractivity contribution is 6.42. The topological polar surface area (TPSA) is 90.5 Å². The fourth-order valence-electron chi connectivity index (χ4n) is 2.41. The zero-order valence-corrected chi connectivity index (χ0v) is 17.8. The Morgan fingerprint density at radius 3 is 2.21 bits per heavy atom. The van der Waals surface area contributed by atoms with E-state index in [4.69, 9.17) is 23.2 Å². The van der Waals surface area contributed by atoms with Crippen LogP contribution in [0.4, 0.5) is 10.5 Å². The maximum atomic E-state index is 12.1. The lowest BCUT2D eigenvalue weighted by molar-refractivity contribution is 0.0827. The van der Waals surface area contributed by atoms with Gasteiger partial charge in [0.25, 0.3) is 11.8 Å². The van der Waals surface area contributed by atoms with Crippen LogP contribution in [0.15, 0.2) is 36.4 Å². The number of carbonyl (C=O) groups is 3. The zero-order valence-electron chi connectivity index (χ0n) is 16.3. The number of carbonyl (C=O) groups excluding carboxylic acids is 3. The fourth-order valence-corrected chi connectivity index (χ4v) is 2.70. The van der Waals surface area contributed by atoms with E-state index in [1.54, 1.807) is 44.4 Å². The molecule has 2 aromatic rings. The van der Waals surface area contributed by atoms with Gasteiger partial charge in [-0.05, 0) is 42.8 Å². The van der Waals surface area contributed by atoms with Gasteiger partial charge in [0.15, 0.2) is 0 Å². The highest BCUT2D eigenvalue weighted by Crippen LogP contribution is 2.22. The molecule has 9 heteroatoms. The SMILES string of the molecule is Cc1ccc(C(=O)N(C)C)cc1NC(=O)NCCNC(=O)c1ccc(Cl)c(Cl)c1. The van der Waals surface area contributed by atoms with Crippen molar-refractivity contribution in [1.82, 2.24) is 15.5 Å². The van der Waals surface area contributed by atoms with E-state index >= 15 is 0 Å². The van der Waals surface area contributed by atoms with Gasteiger partial charge < -0.3 is 20.9 Å². The van der Waals surface area contributed by atoms with Gasteiger partial charge in [0.2, 0.25) is 0 Å². The van der Waals surface area contributed by atoms with Gasteiger partial charge >= 0.3 is 6.03 Å². The molecule has 154 valence electrons. The van der Waals surface area contributed by atoms with Crippen LogP contribution in [0.2, 0.25) is 10.0 Å². The summed E-state index contributed by atoms with van der Waals surface area (Å²) in [5.41, 5.74) is 2.21. The van der Waals surface area contributed by atoms with Gasteiger partial charge in [0.05, 0.1) is 10.0 Å². The summed E-state index contributed by atoms with van der Waals surface area (Å²) in [6.07, 6.45) is 0. The standard InChI is InChI=1S/C20H22Cl2N4O3/c1-12-4-5-14(19(28)26(2)3)11-17(12)25-20(29)24-9-8-23-18(27)13-6-7-15(21)16(22)10-13/h4-7,10-11H,8-9H2,1-3H3,(H,23,27)(H2,24,25,29). The van der Waals surface area contributed by atoms with Crippen LogP contribution in [0, 0.1) is 6.92 Å². The molecule has 0 fully saturated rings. The number of halogens is 2. The molecule has 0 atom stereocenters. The first-order valence-corrected chi connectivity index (χ1v) is 9.55. The summed E-state index contributed by atoms with van der Waals surface area (Å²) in [7, 11) is 3.32. The molecule has 2 rings (SSSR count). The molecule has 2 aromatic carbocycles. The van der Waals surface area contributed by atoms with Crippen molar-refractivity contribution in [2.24, 2.45) is 0 Å². The molecule has 7 nitrogen and oxygen atoms in total. The number of hydrogen-bond acceptors (Lipinski definition) is 3. The number of urea groups is 1. The second kappa shape index (κ2) is 10.1. The average Bonchev–Trinajstić information content (AvgIpc) is 2.68. The second-order valence-corrected chi connectivity index (χ2v) is 7.31. The maximum absolute atomic E-state index is 12.1. The van der Waals surface area contributed by atoms with Crippen molar-refractivity contribution < 1.29 is 14.4 Å². The summed E-state index contributed by atoms with van der Waals surface area (Å²) in [6, 6.07) is 9.25. The largest absolute Gasteiger partial charge is 0.350 e. The van der Waals surface area contributed by atoms with Gasteiger partial charge in [-0.25, -0.2) is 4.79 Å². The third-order valence-electron chi connectivity index (χ3n) is 4.02. The molecule has 4 amide bonds. The molecule has 0 unspecified atom stereocenters. The van der Waals surface area contributed by atoms with Crippen LogP contribution < -0.4 is 16.0 Å². The van der Waals surface area contributed by atoms with Gasteiger partial charge in [-0.2, -0.15) is 0 Å². The van der Waals surface area contributed by atoms with Crippen molar-refractivity contribution >= 4 is 46.7 Å². The molecule has 0 radical (unpaired) electrons. The molecule has 29 heavy (non-hydrogen) atoms. The van der Waals surface area contributed by atoms with E-state index in [0.717, 1.165) is 5.56 Å². The number of rotatable bonds is 6. The fraction of sp³-hybridized carbons (Fsp3) is 0.250. The normalized spacial score (nSPS) is 10.2. The van der Waals surface area contributed by atoms with E-state index in [9.17, 15) is 14.4 Å². The molecule has 0 heterocycles. The lowest BCUT2D eigenvalue weighted by Gasteiger charge is -2.14. The average molecular weight is 437 g/mol. The molecule has 0 saturated carbocycles. The van der Waals surface area contributed by atoms with Gasteiger partial charge in [0.1, 0.15) is 0 Å². The van der Waals surface area contributed by atoms with Gasteiger partial charge in [-0.3, -0.25) is 9.59 Å². The van der Waals surface area contributed by atoms with Crippen LogP contribution in [-0.2, 0) is 0 Å². The summed E-state index contributed by atoms with van der Waals surface area (Å²) < 4.78 is 0. The van der Waals surface area contributed by atoms with Crippen LogP contribution in [0.1, 0.15) is 26.3 Å². The van der Waals surface area contributed by atoms with E-state index < -0.39 is 6.03 Å². The molecule has 0 aliphatic heterocycles. The van der Waals surface area contributed by atoms with Crippen LogP contribution >= 0.6 is 23.2 Å². The highest BCUT2D eigenvalue weighted by atomic mass is 35.5. The van der Waals surface area contributed by atoms with Crippen molar-refractivity contribution in [3.63, 3.8) is 0 Å². The van der Waals surface area contributed by atoms with Crippen LogP contribution in [-0.4, -0.2) is 49.9 Å². The van der Waals surface area contributed by atoms with E-state index in [2.05, 4.69) is 16.0 Å². The van der Waals surface area contributed by atoms with E-state index in [1.807, 2.05) is 6.92 Å². The maximum Gasteiger partial charge on any atom is 0.319 e. The molecule has 0 aromatic heterocycles. The molecule has 3 N–H and O–H groups in total. The Kier molecular flexibility index (Phi) is 7.87.